The van der Waals surface area contributed by atoms with Crippen molar-refractivity contribution in [3.63, 3.8) is 0 Å². The van der Waals surface area contributed by atoms with Crippen LogP contribution in [-0.2, 0) is 16.4 Å². The van der Waals surface area contributed by atoms with E-state index in [9.17, 15) is 0 Å². The van der Waals surface area contributed by atoms with Gasteiger partial charge in [-0.3, -0.25) is 4.68 Å². The van der Waals surface area contributed by atoms with Crippen molar-refractivity contribution in [3.8, 4) is 0 Å². The van der Waals surface area contributed by atoms with Gasteiger partial charge in [0, 0.05) is 16.7 Å². The highest BCUT2D eigenvalue weighted by Crippen LogP contribution is 2.63. The predicted molar refractivity (Wildman–Crippen MR) is 79.7 cm³/mol. The van der Waals surface area contributed by atoms with Gasteiger partial charge in [-0.1, -0.05) is 41.5 Å². The standard InChI is InChI=1S/C17H28N2/c1-11-13(15(2,3)4)14(16(5,6)7)19(18-11)17-8-12(9-17)10-17/h12H,8-10H2,1-7H3. The quantitative estimate of drug-likeness (QED) is 0.736. The number of aromatic nitrogens is 2. The SMILES string of the molecule is Cc1nn(C23CC(C2)C3)c(C(C)(C)C)c1C(C)(C)C. The Kier molecular flexibility index (Phi) is 2.40. The van der Waals surface area contributed by atoms with Crippen LogP contribution >= 0.6 is 0 Å². The molecule has 0 amide bonds. The average molecular weight is 260 g/mol. The summed E-state index contributed by atoms with van der Waals surface area (Å²) in [5, 5.41) is 4.99. The summed E-state index contributed by atoms with van der Waals surface area (Å²) in [7, 11) is 0. The molecule has 3 saturated carbocycles. The largest absolute Gasteiger partial charge is 0.262 e. The first-order valence-corrected chi connectivity index (χ1v) is 7.66. The molecular weight excluding hydrogens is 232 g/mol. The second kappa shape index (κ2) is 3.45. The molecule has 1 aromatic heterocycles. The number of aryl methyl sites for hydroxylation is 1. The van der Waals surface area contributed by atoms with Crippen LogP contribution in [0.1, 0.15) is 77.8 Å². The Balaban J connectivity index is 2.20. The molecule has 3 aliphatic rings. The maximum Gasteiger partial charge on any atom is 0.0639 e. The van der Waals surface area contributed by atoms with E-state index in [2.05, 4.69) is 53.1 Å². The van der Waals surface area contributed by atoms with E-state index in [1.165, 1.54) is 36.2 Å². The summed E-state index contributed by atoms with van der Waals surface area (Å²) < 4.78 is 2.43. The topological polar surface area (TPSA) is 17.8 Å². The van der Waals surface area contributed by atoms with E-state index < -0.39 is 0 Å². The zero-order valence-electron chi connectivity index (χ0n) is 13.6. The molecule has 0 spiro atoms. The Hall–Kier alpha value is -0.790. The summed E-state index contributed by atoms with van der Waals surface area (Å²) in [5.74, 6) is 0.996. The third kappa shape index (κ3) is 1.71. The minimum atomic E-state index is 0.166. The van der Waals surface area contributed by atoms with Crippen molar-refractivity contribution in [3.05, 3.63) is 17.0 Å². The summed E-state index contributed by atoms with van der Waals surface area (Å²) in [6, 6.07) is 0. The van der Waals surface area contributed by atoms with Gasteiger partial charge in [-0.25, -0.2) is 0 Å². The van der Waals surface area contributed by atoms with Gasteiger partial charge < -0.3 is 0 Å². The molecule has 0 radical (unpaired) electrons. The van der Waals surface area contributed by atoms with Crippen molar-refractivity contribution in [1.29, 1.82) is 0 Å². The monoisotopic (exact) mass is 260 g/mol. The molecule has 0 saturated heterocycles. The van der Waals surface area contributed by atoms with Gasteiger partial charge in [0.15, 0.2) is 0 Å². The van der Waals surface area contributed by atoms with Crippen LogP contribution in [-0.4, -0.2) is 9.78 Å². The van der Waals surface area contributed by atoms with Crippen LogP contribution in [0.2, 0.25) is 0 Å². The summed E-state index contributed by atoms with van der Waals surface area (Å²) in [6.45, 7) is 16.1. The fraction of sp³-hybridized carbons (Fsp3) is 0.824. The molecule has 1 heterocycles. The molecule has 2 heteroatoms. The van der Waals surface area contributed by atoms with E-state index in [0.29, 0.717) is 5.54 Å². The maximum atomic E-state index is 4.99. The molecule has 0 aromatic carbocycles. The molecule has 2 bridgehead atoms. The van der Waals surface area contributed by atoms with Crippen molar-refractivity contribution < 1.29 is 0 Å². The molecule has 0 N–H and O–H groups in total. The molecular formula is C17H28N2. The zero-order valence-corrected chi connectivity index (χ0v) is 13.6. The minimum Gasteiger partial charge on any atom is -0.262 e. The second-order valence-corrected chi connectivity index (χ2v) is 8.92. The molecule has 2 nitrogen and oxygen atoms in total. The second-order valence-electron chi connectivity index (χ2n) is 8.92. The highest BCUT2D eigenvalue weighted by molar-refractivity contribution is 5.38. The summed E-state index contributed by atoms with van der Waals surface area (Å²) in [6.07, 6.45) is 4.09. The van der Waals surface area contributed by atoms with Crippen LogP contribution < -0.4 is 0 Å². The minimum absolute atomic E-state index is 0.166. The third-order valence-electron chi connectivity index (χ3n) is 4.98. The molecule has 0 unspecified atom stereocenters. The number of rotatable bonds is 1. The fourth-order valence-electron chi connectivity index (χ4n) is 4.15. The molecule has 3 aliphatic carbocycles. The van der Waals surface area contributed by atoms with Crippen LogP contribution in [0.4, 0.5) is 0 Å². The van der Waals surface area contributed by atoms with Crippen LogP contribution in [0.15, 0.2) is 0 Å². The van der Waals surface area contributed by atoms with Gasteiger partial charge in [-0.15, -0.1) is 0 Å². The Morgan fingerprint density at radius 2 is 1.53 bits per heavy atom. The predicted octanol–water partition coefficient (Wildman–Crippen LogP) is 4.30. The molecule has 19 heavy (non-hydrogen) atoms. The van der Waals surface area contributed by atoms with Crippen molar-refractivity contribution in [2.45, 2.75) is 84.1 Å². The van der Waals surface area contributed by atoms with Gasteiger partial charge in [-0.2, -0.15) is 5.10 Å². The Labute approximate surface area is 117 Å². The van der Waals surface area contributed by atoms with Crippen molar-refractivity contribution in [1.82, 2.24) is 9.78 Å². The number of nitrogens with zero attached hydrogens (tertiary/aromatic N) is 2. The van der Waals surface area contributed by atoms with Crippen molar-refractivity contribution in [2.75, 3.05) is 0 Å². The first kappa shape index (κ1) is 13.2. The highest BCUT2D eigenvalue weighted by Gasteiger charge is 2.60. The first-order valence-electron chi connectivity index (χ1n) is 7.66. The molecule has 4 rings (SSSR count). The van der Waals surface area contributed by atoms with E-state index in [4.69, 9.17) is 5.10 Å². The number of hydrogen-bond acceptors (Lipinski definition) is 1. The summed E-state index contributed by atoms with van der Waals surface area (Å²) in [5.41, 5.74) is 4.93. The molecule has 0 atom stereocenters. The van der Waals surface area contributed by atoms with E-state index in [-0.39, 0.29) is 10.8 Å². The Morgan fingerprint density at radius 1 is 1.00 bits per heavy atom. The molecule has 0 aliphatic heterocycles. The van der Waals surface area contributed by atoms with Gasteiger partial charge >= 0.3 is 0 Å². The van der Waals surface area contributed by atoms with E-state index in [1.807, 2.05) is 0 Å². The van der Waals surface area contributed by atoms with Gasteiger partial charge in [0.25, 0.3) is 0 Å². The molecule has 3 fully saturated rings. The Morgan fingerprint density at radius 3 is 1.84 bits per heavy atom. The van der Waals surface area contributed by atoms with Crippen LogP contribution in [0.5, 0.6) is 0 Å². The smallest absolute Gasteiger partial charge is 0.0639 e. The van der Waals surface area contributed by atoms with Gasteiger partial charge in [0.2, 0.25) is 0 Å². The lowest BCUT2D eigenvalue weighted by Gasteiger charge is -2.62. The normalized spacial score (nSPS) is 29.9. The average Bonchev–Trinajstić information content (AvgIpc) is 2.34. The number of hydrogen-bond donors (Lipinski definition) is 0. The zero-order chi connectivity index (χ0) is 14.2. The lowest BCUT2D eigenvalue weighted by Crippen LogP contribution is -2.60. The van der Waals surface area contributed by atoms with Crippen LogP contribution in [0.25, 0.3) is 0 Å². The lowest BCUT2D eigenvalue weighted by atomic mass is 9.49. The maximum absolute atomic E-state index is 4.99. The van der Waals surface area contributed by atoms with Crippen LogP contribution in [0.3, 0.4) is 0 Å². The summed E-state index contributed by atoms with van der Waals surface area (Å²) >= 11 is 0. The third-order valence-corrected chi connectivity index (χ3v) is 4.98. The molecule has 1 aromatic rings. The fourth-order valence-corrected chi connectivity index (χ4v) is 4.15. The highest BCUT2D eigenvalue weighted by atomic mass is 15.4. The Bertz CT molecular complexity index is 506. The van der Waals surface area contributed by atoms with Gasteiger partial charge in [0.05, 0.1) is 11.2 Å². The first-order chi connectivity index (χ1) is 8.55. The van der Waals surface area contributed by atoms with E-state index in [1.54, 1.807) is 0 Å². The summed E-state index contributed by atoms with van der Waals surface area (Å²) in [4.78, 5) is 0. The van der Waals surface area contributed by atoms with Crippen molar-refractivity contribution >= 4 is 0 Å². The lowest BCUT2D eigenvalue weighted by molar-refractivity contribution is -0.101. The van der Waals surface area contributed by atoms with Crippen molar-refractivity contribution in [2.24, 2.45) is 5.92 Å². The van der Waals surface area contributed by atoms with Gasteiger partial charge in [-0.05, 0) is 37.5 Å². The van der Waals surface area contributed by atoms with E-state index >= 15 is 0 Å². The molecule has 106 valence electrons. The van der Waals surface area contributed by atoms with Gasteiger partial charge in [0.1, 0.15) is 0 Å². The van der Waals surface area contributed by atoms with E-state index in [0.717, 1.165) is 5.92 Å². The van der Waals surface area contributed by atoms with Crippen LogP contribution in [0, 0.1) is 12.8 Å².